The molecule has 5 heteroatoms. The second-order valence-corrected chi connectivity index (χ2v) is 4.04. The normalized spacial score (nSPS) is 22.9. The predicted molar refractivity (Wildman–Crippen MR) is 58.8 cm³/mol. The monoisotopic (exact) mass is 223 g/mol. The molecule has 1 fully saturated rings. The fourth-order valence-electron chi connectivity index (χ4n) is 1.79. The summed E-state index contributed by atoms with van der Waals surface area (Å²) in [7, 11) is 0. The number of aromatic nitrogens is 2. The first-order valence-corrected chi connectivity index (χ1v) is 5.59. The SMILES string of the molecule is C=CCC(N)c1nc(C2CCCOC2)no1. The van der Waals surface area contributed by atoms with Gasteiger partial charge in [0.15, 0.2) is 5.82 Å². The molecule has 0 radical (unpaired) electrons. The quantitative estimate of drug-likeness (QED) is 0.784. The molecule has 1 saturated heterocycles. The van der Waals surface area contributed by atoms with Crippen LogP contribution < -0.4 is 5.73 Å². The van der Waals surface area contributed by atoms with Gasteiger partial charge in [0.1, 0.15) is 0 Å². The van der Waals surface area contributed by atoms with Crippen LogP contribution in [0.2, 0.25) is 0 Å². The Kier molecular flexibility index (Phi) is 3.69. The highest BCUT2D eigenvalue weighted by atomic mass is 16.5. The second kappa shape index (κ2) is 5.23. The Balaban J connectivity index is 2.03. The van der Waals surface area contributed by atoms with Gasteiger partial charge in [0.05, 0.1) is 12.6 Å². The summed E-state index contributed by atoms with van der Waals surface area (Å²) in [4.78, 5) is 4.32. The van der Waals surface area contributed by atoms with E-state index in [0.717, 1.165) is 19.4 Å². The maximum absolute atomic E-state index is 5.85. The average molecular weight is 223 g/mol. The Labute approximate surface area is 94.7 Å². The van der Waals surface area contributed by atoms with Gasteiger partial charge in [-0.3, -0.25) is 0 Å². The van der Waals surface area contributed by atoms with Crippen molar-refractivity contribution < 1.29 is 9.26 Å². The summed E-state index contributed by atoms with van der Waals surface area (Å²) in [5, 5.41) is 3.96. The van der Waals surface area contributed by atoms with E-state index < -0.39 is 0 Å². The largest absolute Gasteiger partial charge is 0.381 e. The van der Waals surface area contributed by atoms with Crippen molar-refractivity contribution in [2.75, 3.05) is 13.2 Å². The lowest BCUT2D eigenvalue weighted by Crippen LogP contribution is -2.17. The van der Waals surface area contributed by atoms with Crippen LogP contribution >= 0.6 is 0 Å². The fourth-order valence-corrected chi connectivity index (χ4v) is 1.79. The molecular formula is C11H17N3O2. The molecule has 1 aromatic heterocycles. The Morgan fingerprint density at radius 3 is 3.19 bits per heavy atom. The van der Waals surface area contributed by atoms with E-state index in [1.165, 1.54) is 0 Å². The van der Waals surface area contributed by atoms with Gasteiger partial charge in [-0.25, -0.2) is 0 Å². The minimum Gasteiger partial charge on any atom is -0.381 e. The zero-order valence-corrected chi connectivity index (χ0v) is 9.26. The molecule has 88 valence electrons. The molecule has 0 amide bonds. The van der Waals surface area contributed by atoms with E-state index in [-0.39, 0.29) is 12.0 Å². The van der Waals surface area contributed by atoms with Gasteiger partial charge in [-0.05, 0) is 19.3 Å². The zero-order chi connectivity index (χ0) is 11.4. The third-order valence-corrected chi connectivity index (χ3v) is 2.72. The van der Waals surface area contributed by atoms with E-state index in [9.17, 15) is 0 Å². The number of nitrogens with two attached hydrogens (primary N) is 1. The molecule has 16 heavy (non-hydrogen) atoms. The van der Waals surface area contributed by atoms with Crippen molar-refractivity contribution >= 4 is 0 Å². The van der Waals surface area contributed by atoms with Gasteiger partial charge in [0, 0.05) is 12.5 Å². The first kappa shape index (κ1) is 11.3. The summed E-state index contributed by atoms with van der Waals surface area (Å²) in [5.74, 6) is 1.46. The molecule has 0 aliphatic carbocycles. The summed E-state index contributed by atoms with van der Waals surface area (Å²) in [6, 6.07) is -0.247. The van der Waals surface area contributed by atoms with Gasteiger partial charge in [0.2, 0.25) is 5.89 Å². The van der Waals surface area contributed by atoms with Crippen molar-refractivity contribution in [3.8, 4) is 0 Å². The Morgan fingerprint density at radius 2 is 2.50 bits per heavy atom. The van der Waals surface area contributed by atoms with Crippen LogP contribution in [0.5, 0.6) is 0 Å². The number of nitrogens with zero attached hydrogens (tertiary/aromatic N) is 2. The standard InChI is InChI=1S/C11H17N3O2/c1-2-4-9(12)11-13-10(14-16-11)8-5-3-6-15-7-8/h2,8-9H,1,3-7,12H2. The Bertz CT molecular complexity index is 345. The van der Waals surface area contributed by atoms with Gasteiger partial charge >= 0.3 is 0 Å². The summed E-state index contributed by atoms with van der Waals surface area (Å²) in [5.41, 5.74) is 5.85. The lowest BCUT2D eigenvalue weighted by Gasteiger charge is -2.18. The summed E-state index contributed by atoms with van der Waals surface area (Å²) < 4.78 is 10.5. The highest BCUT2D eigenvalue weighted by Gasteiger charge is 2.22. The number of hydrogen-bond acceptors (Lipinski definition) is 5. The molecule has 2 N–H and O–H groups in total. The topological polar surface area (TPSA) is 74.2 Å². The Morgan fingerprint density at radius 1 is 1.62 bits per heavy atom. The highest BCUT2D eigenvalue weighted by Crippen LogP contribution is 2.24. The van der Waals surface area contributed by atoms with Crippen LogP contribution in [0.25, 0.3) is 0 Å². The molecule has 0 bridgehead atoms. The molecule has 1 aliphatic heterocycles. The molecule has 2 heterocycles. The molecule has 2 rings (SSSR count). The first-order valence-electron chi connectivity index (χ1n) is 5.59. The lowest BCUT2D eigenvalue weighted by molar-refractivity contribution is 0.0773. The minimum atomic E-state index is -0.247. The smallest absolute Gasteiger partial charge is 0.243 e. The van der Waals surface area contributed by atoms with Gasteiger partial charge < -0.3 is 15.0 Å². The van der Waals surface area contributed by atoms with Crippen molar-refractivity contribution in [3.05, 3.63) is 24.4 Å². The number of hydrogen-bond donors (Lipinski definition) is 1. The van der Waals surface area contributed by atoms with Crippen LogP contribution in [0.1, 0.15) is 42.9 Å². The van der Waals surface area contributed by atoms with E-state index in [2.05, 4.69) is 16.7 Å². The van der Waals surface area contributed by atoms with Crippen LogP contribution in [-0.4, -0.2) is 23.4 Å². The summed E-state index contributed by atoms with van der Waals surface area (Å²) >= 11 is 0. The van der Waals surface area contributed by atoms with Crippen molar-refractivity contribution in [2.24, 2.45) is 5.73 Å². The zero-order valence-electron chi connectivity index (χ0n) is 9.26. The van der Waals surface area contributed by atoms with E-state index in [0.29, 0.717) is 24.7 Å². The van der Waals surface area contributed by atoms with Crippen LogP contribution in [0.3, 0.4) is 0 Å². The number of ether oxygens (including phenoxy) is 1. The van der Waals surface area contributed by atoms with Crippen LogP contribution in [-0.2, 0) is 4.74 Å². The molecule has 0 aromatic carbocycles. The first-order chi connectivity index (χ1) is 7.81. The highest BCUT2D eigenvalue weighted by molar-refractivity contribution is 5.00. The average Bonchev–Trinajstić information content (AvgIpc) is 2.80. The molecule has 5 nitrogen and oxygen atoms in total. The van der Waals surface area contributed by atoms with Crippen LogP contribution in [0, 0.1) is 0 Å². The molecule has 1 aromatic rings. The molecule has 2 atom stereocenters. The predicted octanol–water partition coefficient (Wildman–Crippen LogP) is 1.54. The fraction of sp³-hybridized carbons (Fsp3) is 0.636. The molecule has 0 saturated carbocycles. The van der Waals surface area contributed by atoms with E-state index >= 15 is 0 Å². The van der Waals surface area contributed by atoms with Crippen molar-refractivity contribution in [1.82, 2.24) is 10.1 Å². The summed E-state index contributed by atoms with van der Waals surface area (Å²) in [6.45, 7) is 5.14. The van der Waals surface area contributed by atoms with E-state index in [1.807, 2.05) is 0 Å². The van der Waals surface area contributed by atoms with Crippen molar-refractivity contribution in [2.45, 2.75) is 31.2 Å². The Hall–Kier alpha value is -1.20. The summed E-state index contributed by atoms with van der Waals surface area (Å²) in [6.07, 6.45) is 4.49. The minimum absolute atomic E-state index is 0.247. The van der Waals surface area contributed by atoms with Gasteiger partial charge in [-0.2, -0.15) is 4.98 Å². The van der Waals surface area contributed by atoms with Crippen molar-refractivity contribution in [3.63, 3.8) is 0 Å². The number of rotatable bonds is 4. The van der Waals surface area contributed by atoms with Gasteiger partial charge in [0.25, 0.3) is 0 Å². The van der Waals surface area contributed by atoms with Crippen molar-refractivity contribution in [1.29, 1.82) is 0 Å². The lowest BCUT2D eigenvalue weighted by atomic mass is 10.0. The molecule has 1 aliphatic rings. The maximum Gasteiger partial charge on any atom is 0.243 e. The van der Waals surface area contributed by atoms with Crippen LogP contribution in [0.15, 0.2) is 17.2 Å². The third-order valence-electron chi connectivity index (χ3n) is 2.72. The molecule has 0 spiro atoms. The third kappa shape index (κ3) is 2.48. The van der Waals surface area contributed by atoms with E-state index in [4.69, 9.17) is 15.0 Å². The second-order valence-electron chi connectivity index (χ2n) is 4.04. The molecular weight excluding hydrogens is 206 g/mol. The van der Waals surface area contributed by atoms with Crippen LogP contribution in [0.4, 0.5) is 0 Å². The van der Waals surface area contributed by atoms with Gasteiger partial charge in [-0.1, -0.05) is 11.2 Å². The van der Waals surface area contributed by atoms with Gasteiger partial charge in [-0.15, -0.1) is 6.58 Å². The van der Waals surface area contributed by atoms with E-state index in [1.54, 1.807) is 6.08 Å². The molecule has 2 unspecified atom stereocenters. The maximum atomic E-state index is 5.85.